The zero-order chi connectivity index (χ0) is 18.3. The average molecular weight is 329 g/mol. The monoisotopic (exact) mass is 329 g/mol. The van der Waals surface area contributed by atoms with Crippen LogP contribution in [0.15, 0.2) is 29.8 Å². The molecule has 0 bridgehead atoms. The predicted molar refractivity (Wildman–Crippen MR) is 94.1 cm³/mol. The molecule has 0 saturated carbocycles. The fraction of sp³-hybridized carbons (Fsp3) is 0.389. The van der Waals surface area contributed by atoms with Gasteiger partial charge in [0, 0.05) is 19.3 Å². The van der Waals surface area contributed by atoms with E-state index in [-0.39, 0.29) is 17.9 Å². The highest BCUT2D eigenvalue weighted by molar-refractivity contribution is 6.00. The van der Waals surface area contributed by atoms with Crippen LogP contribution in [0.3, 0.4) is 0 Å². The van der Waals surface area contributed by atoms with Gasteiger partial charge >= 0.3 is 5.97 Å². The molecule has 0 aromatic heterocycles. The summed E-state index contributed by atoms with van der Waals surface area (Å²) in [6, 6.07) is 9.29. The van der Waals surface area contributed by atoms with Crippen LogP contribution >= 0.6 is 0 Å². The second kappa shape index (κ2) is 8.16. The van der Waals surface area contributed by atoms with Crippen LogP contribution in [0.4, 0.5) is 5.69 Å². The van der Waals surface area contributed by atoms with Gasteiger partial charge in [0.15, 0.2) is 0 Å². The number of hydrogen-bond acceptors (Lipinski definition) is 5. The molecule has 128 valence electrons. The highest BCUT2D eigenvalue weighted by atomic mass is 16.5. The highest BCUT2D eigenvalue weighted by Gasteiger charge is 2.16. The van der Waals surface area contributed by atoms with Crippen molar-refractivity contribution in [2.75, 3.05) is 18.5 Å². The Kier molecular flexibility index (Phi) is 6.54. The SMILES string of the molecule is CN(CCC(=O)O)c1ccc(/C=C(\C#N)C(=N)OC(C)(C)C)cc1. The summed E-state index contributed by atoms with van der Waals surface area (Å²) in [7, 11) is 1.82. The van der Waals surface area contributed by atoms with Crippen molar-refractivity contribution in [1.29, 1.82) is 10.7 Å². The summed E-state index contributed by atoms with van der Waals surface area (Å²) in [5.41, 5.74) is 1.26. The third-order valence-corrected chi connectivity index (χ3v) is 3.08. The first-order valence-corrected chi connectivity index (χ1v) is 7.55. The van der Waals surface area contributed by atoms with Crippen molar-refractivity contribution < 1.29 is 14.6 Å². The number of hydrogen-bond donors (Lipinski definition) is 2. The van der Waals surface area contributed by atoms with Crippen LogP contribution in [-0.2, 0) is 9.53 Å². The van der Waals surface area contributed by atoms with Crippen LogP contribution < -0.4 is 4.90 Å². The van der Waals surface area contributed by atoms with E-state index in [0.717, 1.165) is 11.3 Å². The smallest absolute Gasteiger partial charge is 0.305 e. The number of ether oxygens (including phenoxy) is 1. The Bertz CT molecular complexity index is 664. The Morgan fingerprint density at radius 1 is 1.38 bits per heavy atom. The lowest BCUT2D eigenvalue weighted by Gasteiger charge is -2.21. The van der Waals surface area contributed by atoms with Gasteiger partial charge in [0.05, 0.1) is 6.42 Å². The van der Waals surface area contributed by atoms with Crippen LogP contribution in [0.1, 0.15) is 32.8 Å². The van der Waals surface area contributed by atoms with Crippen molar-refractivity contribution >= 4 is 23.6 Å². The molecule has 6 nitrogen and oxygen atoms in total. The number of nitriles is 1. The number of carboxylic acids is 1. The lowest BCUT2D eigenvalue weighted by Crippen LogP contribution is -2.24. The summed E-state index contributed by atoms with van der Waals surface area (Å²) >= 11 is 0. The van der Waals surface area contributed by atoms with Gasteiger partial charge in [0.1, 0.15) is 17.2 Å². The molecular weight excluding hydrogens is 306 g/mol. The summed E-state index contributed by atoms with van der Waals surface area (Å²) in [6.07, 6.45) is 1.66. The summed E-state index contributed by atoms with van der Waals surface area (Å²) in [5, 5.41) is 25.8. The van der Waals surface area contributed by atoms with Gasteiger partial charge in [0.2, 0.25) is 5.90 Å². The maximum absolute atomic E-state index is 10.6. The van der Waals surface area contributed by atoms with E-state index in [9.17, 15) is 10.1 Å². The summed E-state index contributed by atoms with van der Waals surface area (Å²) in [4.78, 5) is 12.5. The van der Waals surface area contributed by atoms with Gasteiger partial charge in [-0.1, -0.05) is 12.1 Å². The molecule has 0 radical (unpaired) electrons. The normalized spacial score (nSPS) is 11.5. The molecule has 1 aromatic carbocycles. The van der Waals surface area contributed by atoms with E-state index in [0.29, 0.717) is 6.54 Å². The molecule has 24 heavy (non-hydrogen) atoms. The number of nitrogens with zero attached hydrogens (tertiary/aromatic N) is 2. The van der Waals surface area contributed by atoms with Gasteiger partial charge < -0.3 is 14.7 Å². The summed E-state index contributed by atoms with van der Waals surface area (Å²) in [6.45, 7) is 5.87. The first-order valence-electron chi connectivity index (χ1n) is 7.55. The zero-order valence-electron chi connectivity index (χ0n) is 14.5. The maximum atomic E-state index is 10.6. The van der Waals surface area contributed by atoms with Crippen LogP contribution in [0.25, 0.3) is 6.08 Å². The van der Waals surface area contributed by atoms with Gasteiger partial charge in [-0.05, 0) is 44.5 Å². The van der Waals surface area contributed by atoms with Gasteiger partial charge in [0.25, 0.3) is 0 Å². The fourth-order valence-electron chi connectivity index (χ4n) is 1.89. The van der Waals surface area contributed by atoms with E-state index in [2.05, 4.69) is 0 Å². The van der Waals surface area contributed by atoms with E-state index in [1.807, 2.05) is 63.1 Å². The molecule has 2 N–H and O–H groups in total. The Morgan fingerprint density at radius 3 is 2.42 bits per heavy atom. The van der Waals surface area contributed by atoms with Crippen LogP contribution in [0.2, 0.25) is 0 Å². The van der Waals surface area contributed by atoms with E-state index in [1.165, 1.54) is 0 Å². The minimum absolute atomic E-state index is 0.0675. The molecule has 0 saturated heterocycles. The van der Waals surface area contributed by atoms with E-state index in [1.54, 1.807) is 6.08 Å². The number of benzene rings is 1. The number of rotatable bonds is 6. The fourth-order valence-corrected chi connectivity index (χ4v) is 1.89. The van der Waals surface area contributed by atoms with Gasteiger partial charge in [-0.2, -0.15) is 5.26 Å². The molecule has 0 fully saturated rings. The van der Waals surface area contributed by atoms with E-state index in [4.69, 9.17) is 15.3 Å². The molecule has 0 spiro atoms. The summed E-state index contributed by atoms with van der Waals surface area (Å²) in [5.74, 6) is -0.995. The number of anilines is 1. The topological polar surface area (TPSA) is 97.4 Å². The molecule has 0 heterocycles. The second-order valence-electron chi connectivity index (χ2n) is 6.37. The third-order valence-electron chi connectivity index (χ3n) is 3.08. The zero-order valence-corrected chi connectivity index (χ0v) is 14.5. The number of aliphatic carboxylic acids is 1. The number of carboxylic acid groups (broad SMARTS) is 1. The van der Waals surface area contributed by atoms with Crippen molar-refractivity contribution in [2.24, 2.45) is 0 Å². The lowest BCUT2D eigenvalue weighted by atomic mass is 10.1. The Morgan fingerprint density at radius 2 is 1.96 bits per heavy atom. The van der Waals surface area contributed by atoms with Gasteiger partial charge in [-0.3, -0.25) is 10.2 Å². The highest BCUT2D eigenvalue weighted by Crippen LogP contribution is 2.17. The largest absolute Gasteiger partial charge is 0.481 e. The molecule has 1 rings (SSSR count). The molecule has 1 aromatic rings. The first-order chi connectivity index (χ1) is 11.1. The quantitative estimate of drug-likeness (QED) is 0.474. The van der Waals surface area contributed by atoms with E-state index >= 15 is 0 Å². The van der Waals surface area contributed by atoms with Crippen LogP contribution in [0.5, 0.6) is 0 Å². The standard InChI is InChI=1S/C18H23N3O3/c1-18(2,3)24-17(20)14(12-19)11-13-5-7-15(8-6-13)21(4)10-9-16(22)23/h5-8,11,20H,9-10H2,1-4H3,(H,22,23)/b14-11+,20-17?. The molecule has 0 amide bonds. The molecule has 0 aliphatic heterocycles. The van der Waals surface area contributed by atoms with E-state index < -0.39 is 11.6 Å². The minimum Gasteiger partial charge on any atom is -0.481 e. The van der Waals surface area contributed by atoms with Gasteiger partial charge in [-0.15, -0.1) is 0 Å². The number of carbonyl (C=O) groups is 1. The summed E-state index contributed by atoms with van der Waals surface area (Å²) < 4.78 is 5.41. The molecule has 0 unspecified atom stereocenters. The van der Waals surface area contributed by atoms with Crippen molar-refractivity contribution in [1.82, 2.24) is 0 Å². The van der Waals surface area contributed by atoms with Crippen molar-refractivity contribution in [3.63, 3.8) is 0 Å². The molecule has 0 aliphatic carbocycles. The minimum atomic E-state index is -0.836. The Labute approximate surface area is 142 Å². The average Bonchev–Trinajstić information content (AvgIpc) is 2.49. The molecular formula is C18H23N3O3. The number of nitrogens with one attached hydrogen (secondary N) is 1. The van der Waals surface area contributed by atoms with Crippen molar-refractivity contribution in [3.8, 4) is 6.07 Å². The maximum Gasteiger partial charge on any atom is 0.305 e. The van der Waals surface area contributed by atoms with Crippen molar-refractivity contribution in [3.05, 3.63) is 35.4 Å². The third kappa shape index (κ3) is 6.53. The van der Waals surface area contributed by atoms with Crippen molar-refractivity contribution in [2.45, 2.75) is 32.8 Å². The lowest BCUT2D eigenvalue weighted by molar-refractivity contribution is -0.136. The van der Waals surface area contributed by atoms with Crippen LogP contribution in [0, 0.1) is 16.7 Å². The molecule has 0 aliphatic rings. The first kappa shape index (κ1) is 19.2. The van der Waals surface area contributed by atoms with Gasteiger partial charge in [-0.25, -0.2) is 0 Å². The Hall–Kier alpha value is -2.81. The Balaban J connectivity index is 2.85. The predicted octanol–water partition coefficient (Wildman–Crippen LogP) is 3.30. The molecule has 6 heteroatoms. The second-order valence-corrected chi connectivity index (χ2v) is 6.37. The van der Waals surface area contributed by atoms with Crippen LogP contribution in [-0.4, -0.2) is 36.2 Å². The molecule has 0 atom stereocenters.